The van der Waals surface area contributed by atoms with Crippen LogP contribution in [0.2, 0.25) is 0 Å². The molecule has 1 fully saturated rings. The standard InChI is InChI=1S/C37H34O12/c1-44-24-9-8-21-27-25-12-17-5-3-4-16(10-17)11-18-6-7-19(38)13-22(18)23-14-20(46-37-31(41)29(39)30(40)35(49-37)36(42)43)15-26(47-25)28(23)34(27)48-32(21)33(24)45-2/h3-10,13-15,25,27,29-31,34-35,37-41H,11-12H2,1-2H3,(H,42,43). The number of aliphatic hydroxyl groups excluding tert-OH is 3. The summed E-state index contributed by atoms with van der Waals surface area (Å²) in [6.07, 6.45) is -8.91. The number of hydrogen-bond acceptors (Lipinski definition) is 11. The fourth-order valence-electron chi connectivity index (χ4n) is 7.55. The molecule has 1 saturated heterocycles. The van der Waals surface area contributed by atoms with E-state index in [9.17, 15) is 30.3 Å². The van der Waals surface area contributed by atoms with Crippen LogP contribution in [0.3, 0.4) is 0 Å². The number of aromatic hydroxyl groups is 1. The Hall–Kier alpha value is -5.01. The molecule has 8 atom stereocenters. The molecule has 0 amide bonds. The van der Waals surface area contributed by atoms with E-state index >= 15 is 0 Å². The maximum atomic E-state index is 11.8. The number of phenols is 1. The smallest absolute Gasteiger partial charge is 0.335 e. The van der Waals surface area contributed by atoms with Gasteiger partial charge >= 0.3 is 5.97 Å². The van der Waals surface area contributed by atoms with Gasteiger partial charge in [-0.3, -0.25) is 0 Å². The van der Waals surface area contributed by atoms with Crippen LogP contribution in [-0.4, -0.2) is 82.5 Å². The zero-order chi connectivity index (χ0) is 34.1. The van der Waals surface area contributed by atoms with E-state index in [0.717, 1.165) is 22.3 Å². The number of phenolic OH excluding ortho intramolecular Hbond substituents is 1. The third-order valence-electron chi connectivity index (χ3n) is 9.81. The lowest BCUT2D eigenvalue weighted by Gasteiger charge is -2.39. The number of methoxy groups -OCH3 is 2. The molecule has 6 bridgehead atoms. The molecule has 0 spiro atoms. The van der Waals surface area contributed by atoms with Gasteiger partial charge in [0.2, 0.25) is 12.0 Å². The highest BCUT2D eigenvalue weighted by atomic mass is 16.7. The van der Waals surface area contributed by atoms with Gasteiger partial charge in [0.1, 0.15) is 47.8 Å². The number of benzene rings is 4. The molecular formula is C37H34O12. The molecule has 5 N–H and O–H groups in total. The first-order valence-corrected chi connectivity index (χ1v) is 15.9. The van der Waals surface area contributed by atoms with E-state index in [1.54, 1.807) is 38.5 Å². The number of aliphatic hydroxyl groups is 3. The Labute approximate surface area is 280 Å². The van der Waals surface area contributed by atoms with Crippen molar-refractivity contribution in [1.29, 1.82) is 0 Å². The van der Waals surface area contributed by atoms with Crippen molar-refractivity contribution in [3.63, 3.8) is 0 Å². The molecule has 1 aliphatic carbocycles. The third kappa shape index (κ3) is 5.10. The minimum absolute atomic E-state index is 0.0281. The van der Waals surface area contributed by atoms with E-state index in [4.69, 9.17) is 28.4 Å². The van der Waals surface area contributed by atoms with Crippen LogP contribution in [0.25, 0.3) is 11.1 Å². The summed E-state index contributed by atoms with van der Waals surface area (Å²) >= 11 is 0. The first-order chi connectivity index (χ1) is 23.6. The molecule has 5 aliphatic rings. The Morgan fingerprint density at radius 1 is 0.857 bits per heavy atom. The summed E-state index contributed by atoms with van der Waals surface area (Å²) in [7, 11) is 3.12. The second kappa shape index (κ2) is 11.8. The van der Waals surface area contributed by atoms with Crippen LogP contribution < -0.4 is 23.7 Å². The third-order valence-corrected chi connectivity index (χ3v) is 9.81. The number of rotatable bonds is 5. The van der Waals surface area contributed by atoms with E-state index in [0.29, 0.717) is 52.5 Å². The van der Waals surface area contributed by atoms with Crippen LogP contribution in [0.1, 0.15) is 39.8 Å². The molecule has 49 heavy (non-hydrogen) atoms. The lowest BCUT2D eigenvalue weighted by atomic mass is 9.78. The Morgan fingerprint density at radius 2 is 1.67 bits per heavy atom. The molecule has 0 radical (unpaired) electrons. The molecule has 9 rings (SSSR count). The number of carboxylic acids is 1. The van der Waals surface area contributed by atoms with Gasteiger partial charge < -0.3 is 54.0 Å². The molecule has 0 saturated carbocycles. The average Bonchev–Trinajstić information content (AvgIpc) is 3.48. The summed E-state index contributed by atoms with van der Waals surface area (Å²) in [5, 5.41) is 51.8. The predicted molar refractivity (Wildman–Crippen MR) is 172 cm³/mol. The van der Waals surface area contributed by atoms with E-state index in [2.05, 4.69) is 12.1 Å². The van der Waals surface area contributed by atoms with Gasteiger partial charge in [0.15, 0.2) is 17.6 Å². The van der Waals surface area contributed by atoms with E-state index in [1.807, 2.05) is 30.3 Å². The number of ether oxygens (including phenoxy) is 6. The fourth-order valence-corrected chi connectivity index (χ4v) is 7.55. The molecule has 12 heteroatoms. The summed E-state index contributed by atoms with van der Waals surface area (Å²) in [4.78, 5) is 11.8. The number of carbonyl (C=O) groups is 1. The van der Waals surface area contributed by atoms with Gasteiger partial charge in [-0.25, -0.2) is 4.79 Å². The fraction of sp³-hybridized carbons (Fsp3) is 0.324. The second-order valence-corrected chi connectivity index (χ2v) is 12.7. The van der Waals surface area contributed by atoms with Crippen molar-refractivity contribution in [2.24, 2.45) is 0 Å². The Balaban J connectivity index is 1.34. The van der Waals surface area contributed by atoms with Crippen molar-refractivity contribution < 1.29 is 58.7 Å². The minimum Gasteiger partial charge on any atom is -0.508 e. The molecule has 12 nitrogen and oxygen atoms in total. The largest absolute Gasteiger partial charge is 0.508 e. The lowest BCUT2D eigenvalue weighted by molar-refractivity contribution is -0.271. The zero-order valence-electron chi connectivity index (χ0n) is 26.5. The van der Waals surface area contributed by atoms with Gasteiger partial charge in [0, 0.05) is 23.6 Å². The molecule has 8 unspecified atom stereocenters. The number of carboxylic acid groups (broad SMARTS) is 1. The highest BCUT2D eigenvalue weighted by Crippen LogP contribution is 2.60. The van der Waals surface area contributed by atoms with Crippen molar-refractivity contribution >= 4 is 5.97 Å². The minimum atomic E-state index is -1.87. The quantitative estimate of drug-likeness (QED) is 0.210. The van der Waals surface area contributed by atoms with E-state index < -0.39 is 48.9 Å². The Kier molecular flexibility index (Phi) is 7.56. The van der Waals surface area contributed by atoms with Crippen LogP contribution in [-0.2, 0) is 22.4 Å². The van der Waals surface area contributed by atoms with Gasteiger partial charge in [0.05, 0.1) is 20.1 Å². The predicted octanol–water partition coefficient (Wildman–Crippen LogP) is 3.47. The highest BCUT2D eigenvalue weighted by Gasteiger charge is 2.51. The molecule has 4 aliphatic heterocycles. The van der Waals surface area contributed by atoms with Crippen LogP contribution in [0, 0.1) is 0 Å². The van der Waals surface area contributed by atoms with Gasteiger partial charge in [-0.15, -0.1) is 0 Å². The van der Waals surface area contributed by atoms with E-state index in [1.165, 1.54) is 0 Å². The highest BCUT2D eigenvalue weighted by molar-refractivity contribution is 5.78. The molecule has 4 aromatic carbocycles. The molecule has 4 heterocycles. The van der Waals surface area contributed by atoms with E-state index in [-0.39, 0.29) is 17.4 Å². The van der Waals surface area contributed by atoms with Gasteiger partial charge in [-0.05, 0) is 58.5 Å². The molecule has 0 aromatic heterocycles. The maximum Gasteiger partial charge on any atom is 0.335 e. The monoisotopic (exact) mass is 670 g/mol. The number of fused-ring (bicyclic) bond motifs is 1. The first kappa shape index (κ1) is 31.3. The van der Waals surface area contributed by atoms with Gasteiger partial charge in [-0.1, -0.05) is 36.4 Å². The van der Waals surface area contributed by atoms with Crippen molar-refractivity contribution in [2.75, 3.05) is 14.2 Å². The second-order valence-electron chi connectivity index (χ2n) is 12.7. The number of hydrogen-bond donors (Lipinski definition) is 5. The number of aliphatic carboxylic acids is 1. The Bertz CT molecular complexity index is 1960. The van der Waals surface area contributed by atoms with Crippen molar-refractivity contribution in [1.82, 2.24) is 0 Å². The molecular weight excluding hydrogens is 636 g/mol. The van der Waals surface area contributed by atoms with Crippen LogP contribution in [0.5, 0.6) is 34.5 Å². The lowest BCUT2D eigenvalue weighted by Crippen LogP contribution is -2.61. The SMILES string of the molecule is COc1ccc2c(c1OC)OC1c3c4cc(OC5OC(C(=O)O)C(O)C(O)C5O)cc3-c3cc(O)ccc3Cc3cccc(c3)CC(O4)C21. The van der Waals surface area contributed by atoms with Crippen molar-refractivity contribution in [2.45, 2.75) is 61.7 Å². The van der Waals surface area contributed by atoms with Gasteiger partial charge in [0.25, 0.3) is 0 Å². The van der Waals surface area contributed by atoms with Crippen LogP contribution in [0.4, 0.5) is 0 Å². The Morgan fingerprint density at radius 3 is 2.45 bits per heavy atom. The van der Waals surface area contributed by atoms with Crippen molar-refractivity contribution in [3.05, 3.63) is 94.5 Å². The molecule has 254 valence electrons. The first-order valence-electron chi connectivity index (χ1n) is 15.9. The van der Waals surface area contributed by atoms with Gasteiger partial charge in [-0.2, -0.15) is 0 Å². The summed E-state index contributed by atoms with van der Waals surface area (Å²) in [5.74, 6) is 0.260. The maximum absolute atomic E-state index is 11.8. The summed E-state index contributed by atoms with van der Waals surface area (Å²) in [6, 6.07) is 20.5. The summed E-state index contributed by atoms with van der Waals surface area (Å²) in [5.41, 5.74) is 5.85. The summed E-state index contributed by atoms with van der Waals surface area (Å²) in [6.45, 7) is 0. The normalized spacial score (nSPS) is 27.6. The average molecular weight is 671 g/mol. The van der Waals surface area contributed by atoms with Crippen LogP contribution in [0.15, 0.2) is 66.7 Å². The summed E-state index contributed by atoms with van der Waals surface area (Å²) < 4.78 is 36.5. The molecule has 4 aromatic rings. The van der Waals surface area contributed by atoms with Crippen molar-refractivity contribution in [3.8, 4) is 45.6 Å². The topological polar surface area (TPSA) is 174 Å². The van der Waals surface area contributed by atoms with Crippen LogP contribution >= 0.6 is 0 Å². The zero-order valence-corrected chi connectivity index (χ0v) is 26.5.